The third kappa shape index (κ3) is 4.24. The molecular weight excluding hydrogens is 380 g/mol. The van der Waals surface area contributed by atoms with Gasteiger partial charge in [-0.1, -0.05) is 0 Å². The second-order valence-electron chi connectivity index (χ2n) is 8.95. The highest BCUT2D eigenvalue weighted by Gasteiger charge is 2.27. The van der Waals surface area contributed by atoms with Crippen molar-refractivity contribution in [3.05, 3.63) is 18.1 Å². The summed E-state index contributed by atoms with van der Waals surface area (Å²) in [6, 6.07) is 2.76. The number of ether oxygens (including phenoxy) is 1. The number of piperidine rings is 1. The second-order valence-corrected chi connectivity index (χ2v) is 8.95. The number of likely N-dealkylation sites (tertiary alicyclic amines) is 1. The number of hydrogen-bond donors (Lipinski definition) is 1. The number of amides is 2. The van der Waals surface area contributed by atoms with Crippen LogP contribution in [0.3, 0.4) is 0 Å². The van der Waals surface area contributed by atoms with Crippen molar-refractivity contribution in [3.63, 3.8) is 0 Å². The molecule has 4 rings (SSSR count). The number of rotatable bonds is 4. The van der Waals surface area contributed by atoms with Crippen LogP contribution in [0.15, 0.2) is 12.4 Å². The maximum atomic E-state index is 12.3. The normalized spacial score (nSPS) is 18.6. The Balaban J connectivity index is 1.61. The van der Waals surface area contributed by atoms with Crippen molar-refractivity contribution in [2.45, 2.75) is 58.5 Å². The minimum absolute atomic E-state index is 0.0405. The Morgan fingerprint density at radius 1 is 1.13 bits per heavy atom. The predicted molar refractivity (Wildman–Crippen MR) is 118 cm³/mol. The molecule has 1 N–H and O–H groups in total. The van der Waals surface area contributed by atoms with Crippen molar-refractivity contribution < 1.29 is 9.53 Å². The third-order valence-electron chi connectivity index (χ3n) is 6.04. The van der Waals surface area contributed by atoms with Crippen molar-refractivity contribution in [3.8, 4) is 0 Å². The number of nitrogens with one attached hydrogen (secondary N) is 1. The van der Waals surface area contributed by atoms with Crippen LogP contribution in [0.1, 0.15) is 58.2 Å². The number of anilines is 1. The zero-order chi connectivity index (χ0) is 21.3. The third-order valence-corrected chi connectivity index (χ3v) is 6.04. The topological polar surface area (TPSA) is 75.5 Å². The van der Waals surface area contributed by atoms with E-state index in [1.54, 1.807) is 0 Å². The molecule has 4 heterocycles. The smallest absolute Gasteiger partial charge is 0.317 e. The number of hydrogen-bond acceptors (Lipinski definition) is 5. The van der Waals surface area contributed by atoms with Crippen LogP contribution in [0.2, 0.25) is 0 Å². The Hall–Kier alpha value is -2.35. The number of morpholine rings is 1. The van der Waals surface area contributed by atoms with E-state index in [-0.39, 0.29) is 12.1 Å². The van der Waals surface area contributed by atoms with Gasteiger partial charge < -0.3 is 24.4 Å². The fraction of sp³-hybridized carbons (Fsp3) is 0.682. The van der Waals surface area contributed by atoms with Gasteiger partial charge in [0.25, 0.3) is 0 Å². The number of pyridine rings is 1. The lowest BCUT2D eigenvalue weighted by atomic mass is 9.93. The molecule has 0 aliphatic carbocycles. The first-order valence-corrected chi connectivity index (χ1v) is 11.2. The summed E-state index contributed by atoms with van der Waals surface area (Å²) in [5, 5.41) is 3.00. The molecule has 0 aromatic carbocycles. The van der Waals surface area contributed by atoms with Gasteiger partial charge in [-0.3, -0.25) is 0 Å². The molecule has 2 aliphatic heterocycles. The zero-order valence-corrected chi connectivity index (χ0v) is 18.6. The van der Waals surface area contributed by atoms with Crippen LogP contribution in [0.4, 0.5) is 10.6 Å². The maximum absolute atomic E-state index is 12.3. The second kappa shape index (κ2) is 8.79. The van der Waals surface area contributed by atoms with E-state index < -0.39 is 0 Å². The average molecular weight is 415 g/mol. The number of urea groups is 1. The van der Waals surface area contributed by atoms with Gasteiger partial charge in [-0.05, 0) is 46.6 Å². The molecule has 30 heavy (non-hydrogen) atoms. The molecule has 0 saturated carbocycles. The van der Waals surface area contributed by atoms with E-state index in [2.05, 4.69) is 34.7 Å². The molecule has 0 bridgehead atoms. The molecule has 2 fully saturated rings. The van der Waals surface area contributed by atoms with Gasteiger partial charge in [-0.15, -0.1) is 0 Å². The predicted octanol–water partition coefficient (Wildman–Crippen LogP) is 3.15. The van der Waals surface area contributed by atoms with E-state index in [0.717, 1.165) is 74.8 Å². The Labute approximate surface area is 178 Å². The number of aromatic nitrogens is 3. The van der Waals surface area contributed by atoms with Crippen molar-refractivity contribution in [2.24, 2.45) is 0 Å². The van der Waals surface area contributed by atoms with Gasteiger partial charge >= 0.3 is 6.03 Å². The fourth-order valence-electron chi connectivity index (χ4n) is 4.37. The highest BCUT2D eigenvalue weighted by Crippen LogP contribution is 2.33. The molecule has 8 heteroatoms. The molecule has 2 aromatic heterocycles. The highest BCUT2D eigenvalue weighted by molar-refractivity contribution is 5.87. The lowest BCUT2D eigenvalue weighted by Gasteiger charge is -2.33. The van der Waals surface area contributed by atoms with Crippen LogP contribution < -0.4 is 10.2 Å². The summed E-state index contributed by atoms with van der Waals surface area (Å²) in [5.41, 5.74) is 3.25. The number of nitrogens with zero attached hydrogens (tertiary/aromatic N) is 5. The van der Waals surface area contributed by atoms with Gasteiger partial charge in [0, 0.05) is 49.9 Å². The monoisotopic (exact) mass is 414 g/mol. The molecule has 0 spiro atoms. The first-order chi connectivity index (χ1) is 14.4. The molecule has 8 nitrogen and oxygen atoms in total. The number of carbonyl (C=O) groups is 1. The van der Waals surface area contributed by atoms with Crippen LogP contribution in [-0.4, -0.2) is 70.9 Å². The van der Waals surface area contributed by atoms with E-state index in [0.29, 0.717) is 12.0 Å². The first-order valence-electron chi connectivity index (χ1n) is 11.2. The van der Waals surface area contributed by atoms with Gasteiger partial charge in [0.15, 0.2) is 5.82 Å². The Morgan fingerprint density at radius 2 is 1.83 bits per heavy atom. The summed E-state index contributed by atoms with van der Waals surface area (Å²) in [5.74, 6) is 1.33. The molecule has 164 valence electrons. The maximum Gasteiger partial charge on any atom is 0.317 e. The van der Waals surface area contributed by atoms with Crippen LogP contribution in [0.5, 0.6) is 0 Å². The van der Waals surface area contributed by atoms with Crippen molar-refractivity contribution >= 4 is 22.9 Å². The summed E-state index contributed by atoms with van der Waals surface area (Å²) in [7, 11) is 0. The van der Waals surface area contributed by atoms with Crippen LogP contribution >= 0.6 is 0 Å². The quantitative estimate of drug-likeness (QED) is 0.832. The van der Waals surface area contributed by atoms with Crippen molar-refractivity contribution in [1.29, 1.82) is 0 Å². The molecule has 0 atom stereocenters. The van der Waals surface area contributed by atoms with Crippen LogP contribution in [-0.2, 0) is 4.74 Å². The standard InChI is InChI=1S/C22H34N6O2/c1-15(2)24-22(29)27-7-5-17(6-8-27)18-13-19-20(23-14-28(19)16(3)4)21(25-18)26-9-11-30-12-10-26/h13-17H,5-12H2,1-4H3,(H,24,29). The van der Waals surface area contributed by atoms with E-state index >= 15 is 0 Å². The summed E-state index contributed by atoms with van der Waals surface area (Å²) in [6.07, 6.45) is 3.80. The molecule has 2 aromatic rings. The van der Waals surface area contributed by atoms with Gasteiger partial charge in [0.05, 0.1) is 25.1 Å². The zero-order valence-electron chi connectivity index (χ0n) is 18.6. The molecular formula is C22H34N6O2. The Bertz CT molecular complexity index is 879. The SMILES string of the molecule is CC(C)NC(=O)N1CCC(c2cc3c(ncn3C(C)C)c(N3CCOCC3)n2)CC1. The lowest BCUT2D eigenvalue weighted by molar-refractivity contribution is 0.122. The lowest BCUT2D eigenvalue weighted by Crippen LogP contribution is -2.46. The average Bonchev–Trinajstić information content (AvgIpc) is 3.17. The van der Waals surface area contributed by atoms with E-state index in [1.807, 2.05) is 25.1 Å². The molecule has 0 radical (unpaired) electrons. The van der Waals surface area contributed by atoms with Gasteiger partial charge in [-0.25, -0.2) is 14.8 Å². The highest BCUT2D eigenvalue weighted by atomic mass is 16.5. The van der Waals surface area contributed by atoms with Crippen molar-refractivity contribution in [2.75, 3.05) is 44.3 Å². The van der Waals surface area contributed by atoms with E-state index in [1.165, 1.54) is 0 Å². The van der Waals surface area contributed by atoms with Crippen molar-refractivity contribution in [1.82, 2.24) is 24.8 Å². The number of carbonyl (C=O) groups excluding carboxylic acids is 1. The van der Waals surface area contributed by atoms with E-state index in [4.69, 9.17) is 14.7 Å². The molecule has 2 saturated heterocycles. The first kappa shape index (κ1) is 20.9. The number of fused-ring (bicyclic) bond motifs is 1. The largest absolute Gasteiger partial charge is 0.378 e. The van der Waals surface area contributed by atoms with Gasteiger partial charge in [0.2, 0.25) is 0 Å². The van der Waals surface area contributed by atoms with E-state index in [9.17, 15) is 4.79 Å². The van der Waals surface area contributed by atoms with Gasteiger partial charge in [-0.2, -0.15) is 0 Å². The summed E-state index contributed by atoms with van der Waals surface area (Å²) in [6.45, 7) is 13.0. The van der Waals surface area contributed by atoms with Gasteiger partial charge in [0.1, 0.15) is 5.52 Å². The summed E-state index contributed by atoms with van der Waals surface area (Å²) in [4.78, 5) is 26.4. The fourth-order valence-corrected chi connectivity index (χ4v) is 4.37. The summed E-state index contributed by atoms with van der Waals surface area (Å²) < 4.78 is 7.78. The Morgan fingerprint density at radius 3 is 2.47 bits per heavy atom. The summed E-state index contributed by atoms with van der Waals surface area (Å²) >= 11 is 0. The van der Waals surface area contributed by atoms with Crippen LogP contribution in [0, 0.1) is 0 Å². The Kier molecular flexibility index (Phi) is 6.13. The minimum atomic E-state index is 0.0405. The number of imidazole rings is 1. The molecule has 2 amide bonds. The molecule has 0 unspecified atom stereocenters. The molecule has 2 aliphatic rings. The van der Waals surface area contributed by atoms with Crippen LogP contribution in [0.25, 0.3) is 11.0 Å². The minimum Gasteiger partial charge on any atom is -0.378 e.